The zero-order chi connectivity index (χ0) is 9.68. The lowest BCUT2D eigenvalue weighted by molar-refractivity contribution is 0.415. The molecule has 13 heavy (non-hydrogen) atoms. The Morgan fingerprint density at radius 3 is 2.46 bits per heavy atom. The van der Waals surface area contributed by atoms with Crippen LogP contribution in [-0.2, 0) is 0 Å². The van der Waals surface area contributed by atoms with Gasteiger partial charge in [-0.3, -0.25) is 10.8 Å². The van der Waals surface area contributed by atoms with Crippen molar-refractivity contribution in [1.29, 1.82) is 10.8 Å². The largest absolute Gasteiger partial charge is 0.497 e. The van der Waals surface area contributed by atoms with Gasteiger partial charge in [-0.2, -0.15) is 0 Å². The quantitative estimate of drug-likeness (QED) is 0.675. The molecule has 1 aromatic rings. The highest BCUT2D eigenvalue weighted by Crippen LogP contribution is 2.11. The number of benzene rings is 1. The van der Waals surface area contributed by atoms with Gasteiger partial charge in [-0.1, -0.05) is 0 Å². The molecule has 0 aliphatic heterocycles. The molecule has 0 fully saturated rings. The van der Waals surface area contributed by atoms with E-state index in [0.717, 1.165) is 11.3 Å². The zero-order valence-corrected chi connectivity index (χ0v) is 7.29. The Morgan fingerprint density at radius 1 is 1.38 bits per heavy atom. The minimum absolute atomic E-state index is 0.276. The van der Waals surface area contributed by atoms with E-state index in [2.05, 4.69) is 5.87 Å². The van der Waals surface area contributed by atoms with E-state index in [0.29, 0.717) is 0 Å². The number of hydrogen-bond acceptors (Lipinski definition) is 3. The van der Waals surface area contributed by atoms with Gasteiger partial charge in [0, 0.05) is 11.6 Å². The number of nitrogens with one attached hydrogen (secondary N) is 2. The molecule has 1 aromatic carbocycles. The molecule has 0 aliphatic rings. The fourth-order valence-corrected chi connectivity index (χ4v) is 0.926. The van der Waals surface area contributed by atoms with E-state index in [1.807, 2.05) is 0 Å². The van der Waals surface area contributed by atoms with Gasteiger partial charge in [0.25, 0.3) is 0 Å². The van der Waals surface area contributed by atoms with Crippen molar-refractivity contribution in [2.24, 2.45) is 0 Å². The van der Waals surface area contributed by atoms with Crippen molar-refractivity contribution in [3.8, 4) is 5.75 Å². The average molecular weight is 174 g/mol. The van der Waals surface area contributed by atoms with Crippen LogP contribution in [0.3, 0.4) is 0 Å². The van der Waals surface area contributed by atoms with E-state index in [4.69, 9.17) is 15.6 Å². The second-order valence-corrected chi connectivity index (χ2v) is 2.43. The minimum atomic E-state index is 0.276. The Hall–Kier alpha value is -1.86. The van der Waals surface area contributed by atoms with Gasteiger partial charge in [0.05, 0.1) is 12.8 Å². The first-order valence-electron chi connectivity index (χ1n) is 3.76. The van der Waals surface area contributed by atoms with E-state index < -0.39 is 0 Å². The fraction of sp³-hybridized carbons (Fsp3) is 0.100. The molecule has 0 aromatic heterocycles. The van der Waals surface area contributed by atoms with Crippen LogP contribution >= 0.6 is 0 Å². The molecule has 0 saturated heterocycles. The Labute approximate surface area is 76.7 Å². The molecule has 3 nitrogen and oxygen atoms in total. The average Bonchev–Trinajstić information content (AvgIpc) is 2.18. The van der Waals surface area contributed by atoms with Gasteiger partial charge >= 0.3 is 0 Å². The molecule has 0 heterocycles. The molecule has 0 spiro atoms. The minimum Gasteiger partial charge on any atom is -0.497 e. The van der Waals surface area contributed by atoms with Gasteiger partial charge in [0.2, 0.25) is 0 Å². The van der Waals surface area contributed by atoms with Gasteiger partial charge in [-0.05, 0) is 30.1 Å². The summed E-state index contributed by atoms with van der Waals surface area (Å²) in [6.45, 7) is 0. The van der Waals surface area contributed by atoms with Crippen LogP contribution in [0.25, 0.3) is 0 Å². The smallest absolute Gasteiger partial charge is 0.118 e. The van der Waals surface area contributed by atoms with Crippen LogP contribution in [0, 0.1) is 10.8 Å². The highest BCUT2D eigenvalue weighted by molar-refractivity contribution is 6.10. The van der Waals surface area contributed by atoms with Crippen LogP contribution in [0.2, 0.25) is 0 Å². The lowest BCUT2D eigenvalue weighted by Gasteiger charge is -2.00. The third-order valence-corrected chi connectivity index (χ3v) is 1.62. The molecule has 3 heteroatoms. The second-order valence-electron chi connectivity index (χ2n) is 2.43. The maximum atomic E-state index is 7.48. The lowest BCUT2D eigenvalue weighted by atomic mass is 10.1. The summed E-state index contributed by atoms with van der Waals surface area (Å²) in [4.78, 5) is 0. The molecular formula is C10H10N2O. The summed E-state index contributed by atoms with van der Waals surface area (Å²) in [5.74, 6) is 2.82. The van der Waals surface area contributed by atoms with Crippen LogP contribution < -0.4 is 4.74 Å². The highest BCUT2D eigenvalue weighted by Gasteiger charge is 1.96. The molecular weight excluding hydrogens is 164 g/mol. The molecule has 0 saturated carbocycles. The van der Waals surface area contributed by atoms with Crippen LogP contribution in [0.5, 0.6) is 5.75 Å². The maximum Gasteiger partial charge on any atom is 0.118 e. The van der Waals surface area contributed by atoms with Gasteiger partial charge in [0.1, 0.15) is 5.75 Å². The molecule has 0 unspecified atom stereocenters. The van der Waals surface area contributed by atoms with E-state index in [-0.39, 0.29) is 5.71 Å². The predicted octanol–water partition coefficient (Wildman–Crippen LogP) is 1.87. The molecule has 0 atom stereocenters. The number of rotatable bonds is 3. The van der Waals surface area contributed by atoms with Gasteiger partial charge in [-0.15, -0.1) is 0 Å². The van der Waals surface area contributed by atoms with Gasteiger partial charge in [-0.25, -0.2) is 0 Å². The van der Waals surface area contributed by atoms with Crippen molar-refractivity contribution >= 4 is 11.6 Å². The monoisotopic (exact) mass is 174 g/mol. The Bertz CT molecular complexity index is 348. The summed E-state index contributed by atoms with van der Waals surface area (Å²) >= 11 is 0. The molecule has 1 rings (SSSR count). The molecule has 0 bridgehead atoms. The maximum absolute atomic E-state index is 7.48. The summed E-state index contributed by atoms with van der Waals surface area (Å²) < 4.78 is 4.98. The van der Waals surface area contributed by atoms with Crippen molar-refractivity contribution in [2.45, 2.75) is 0 Å². The summed E-state index contributed by atoms with van der Waals surface area (Å²) in [7, 11) is 1.60. The first-order valence-corrected chi connectivity index (χ1v) is 3.76. The Balaban J connectivity index is 2.92. The zero-order valence-electron chi connectivity index (χ0n) is 7.29. The molecule has 66 valence electrons. The van der Waals surface area contributed by atoms with Crippen molar-refractivity contribution in [2.75, 3.05) is 7.11 Å². The molecule has 2 N–H and O–H groups in total. The van der Waals surface area contributed by atoms with E-state index in [1.54, 1.807) is 31.4 Å². The summed E-state index contributed by atoms with van der Waals surface area (Å²) in [5.41, 5.74) is 1.03. The first kappa shape index (κ1) is 9.23. The topological polar surface area (TPSA) is 56.9 Å². The molecule has 0 amide bonds. The number of allylic oxidation sites excluding steroid dienone is 1. The summed E-state index contributed by atoms with van der Waals surface area (Å²) in [5, 5.41) is 14.2. The van der Waals surface area contributed by atoms with Crippen molar-refractivity contribution in [3.05, 3.63) is 35.9 Å². The van der Waals surface area contributed by atoms with E-state index in [9.17, 15) is 0 Å². The normalized spacial score (nSPS) is 8.69. The second kappa shape index (κ2) is 4.24. The predicted molar refractivity (Wildman–Crippen MR) is 52.1 cm³/mol. The molecule has 0 radical (unpaired) electrons. The standard InChI is InChI=1S/C10H10N2O/c1-13-9-4-2-8(3-5-9)10(12)6-7-11/h2-6,11-12H,1H3. The van der Waals surface area contributed by atoms with Crippen molar-refractivity contribution in [1.82, 2.24) is 0 Å². The fourth-order valence-electron chi connectivity index (χ4n) is 0.926. The van der Waals surface area contributed by atoms with E-state index >= 15 is 0 Å². The summed E-state index contributed by atoms with van der Waals surface area (Å²) in [6, 6.07) is 7.10. The number of hydrogen-bond donors (Lipinski definition) is 2. The third-order valence-electron chi connectivity index (χ3n) is 1.62. The van der Waals surface area contributed by atoms with Crippen molar-refractivity contribution < 1.29 is 4.74 Å². The van der Waals surface area contributed by atoms with E-state index in [1.165, 1.54) is 6.08 Å². The number of ether oxygens (including phenoxy) is 1. The number of methoxy groups -OCH3 is 1. The Morgan fingerprint density at radius 2 is 2.00 bits per heavy atom. The van der Waals surface area contributed by atoms with Crippen LogP contribution in [0.1, 0.15) is 5.56 Å². The van der Waals surface area contributed by atoms with Crippen LogP contribution in [-0.4, -0.2) is 18.7 Å². The van der Waals surface area contributed by atoms with Crippen molar-refractivity contribution in [3.63, 3.8) is 0 Å². The van der Waals surface area contributed by atoms with Crippen LogP contribution in [0.15, 0.2) is 30.3 Å². The van der Waals surface area contributed by atoms with Gasteiger partial charge < -0.3 is 4.74 Å². The Kier molecular flexibility index (Phi) is 3.01. The highest BCUT2D eigenvalue weighted by atomic mass is 16.5. The third kappa shape index (κ3) is 2.29. The SMILES string of the molecule is COc1ccc(C(=N)C=C=N)cc1. The summed E-state index contributed by atoms with van der Waals surface area (Å²) in [6.07, 6.45) is 1.31. The van der Waals surface area contributed by atoms with Gasteiger partial charge in [0.15, 0.2) is 0 Å². The lowest BCUT2D eigenvalue weighted by Crippen LogP contribution is -1.94. The molecule has 0 aliphatic carbocycles. The first-order chi connectivity index (χ1) is 6.27. The van der Waals surface area contributed by atoms with Crippen LogP contribution in [0.4, 0.5) is 0 Å².